The second-order valence-electron chi connectivity index (χ2n) is 7.41. The predicted octanol–water partition coefficient (Wildman–Crippen LogP) is 4.03. The van der Waals surface area contributed by atoms with Crippen LogP contribution in [0.2, 0.25) is 0 Å². The second-order valence-corrected chi connectivity index (χ2v) is 7.41. The molecule has 2 rings (SSSR count). The first kappa shape index (κ1) is 16.5. The Morgan fingerprint density at radius 3 is 2.67 bits per heavy atom. The summed E-state index contributed by atoms with van der Waals surface area (Å²) in [6, 6.07) is 0.587. The minimum absolute atomic E-state index is 0.550. The Kier molecular flexibility index (Phi) is 5.86. The fraction of sp³-hybridized carbons (Fsp3) is 0.833. The van der Waals surface area contributed by atoms with Crippen LogP contribution in [-0.2, 0) is 13.0 Å². The van der Waals surface area contributed by atoms with Gasteiger partial charge in [0.1, 0.15) is 5.82 Å². The largest absolute Gasteiger partial charge is 0.335 e. The molecular weight excluding hydrogens is 258 g/mol. The topological polar surface area (TPSA) is 29.9 Å². The van der Waals surface area contributed by atoms with E-state index in [9.17, 15) is 0 Å². The molecule has 0 aliphatic heterocycles. The molecular formula is C18H33N3. The highest BCUT2D eigenvalue weighted by molar-refractivity contribution is 4.98. The van der Waals surface area contributed by atoms with Crippen molar-refractivity contribution in [2.75, 3.05) is 6.54 Å². The van der Waals surface area contributed by atoms with Crippen LogP contribution in [0.15, 0.2) is 12.4 Å². The summed E-state index contributed by atoms with van der Waals surface area (Å²) in [6.07, 6.45) is 11.8. The number of rotatable bonds is 7. The molecule has 1 heterocycles. The number of likely N-dealkylation sites (N-methyl/N-ethyl adjacent to an activating group) is 1. The maximum Gasteiger partial charge on any atom is 0.110 e. The van der Waals surface area contributed by atoms with Crippen molar-refractivity contribution in [1.29, 1.82) is 0 Å². The van der Waals surface area contributed by atoms with Crippen LogP contribution in [0.4, 0.5) is 0 Å². The predicted molar refractivity (Wildman–Crippen MR) is 89.4 cm³/mol. The molecule has 0 amide bonds. The number of hydrogen-bond acceptors (Lipinski definition) is 2. The summed E-state index contributed by atoms with van der Waals surface area (Å²) in [6.45, 7) is 11.4. The van der Waals surface area contributed by atoms with Crippen LogP contribution < -0.4 is 5.32 Å². The minimum atomic E-state index is 0.550. The molecule has 3 nitrogen and oxygen atoms in total. The van der Waals surface area contributed by atoms with Crippen molar-refractivity contribution >= 4 is 0 Å². The van der Waals surface area contributed by atoms with E-state index < -0.39 is 0 Å². The van der Waals surface area contributed by atoms with E-state index in [1.165, 1.54) is 37.9 Å². The quantitative estimate of drug-likeness (QED) is 0.822. The molecule has 1 aliphatic rings. The molecule has 1 aromatic rings. The number of aryl methyl sites for hydroxylation is 1. The first-order valence-electron chi connectivity index (χ1n) is 8.79. The molecule has 1 N–H and O–H groups in total. The van der Waals surface area contributed by atoms with E-state index in [4.69, 9.17) is 0 Å². The van der Waals surface area contributed by atoms with Crippen molar-refractivity contribution < 1.29 is 0 Å². The van der Waals surface area contributed by atoms with Gasteiger partial charge < -0.3 is 9.88 Å². The van der Waals surface area contributed by atoms with Gasteiger partial charge in [-0.3, -0.25) is 0 Å². The number of nitrogens with one attached hydrogen (secondary N) is 1. The summed E-state index contributed by atoms with van der Waals surface area (Å²) in [5.74, 6) is 2.07. The molecule has 1 saturated carbocycles. The van der Waals surface area contributed by atoms with E-state index >= 15 is 0 Å². The van der Waals surface area contributed by atoms with Crippen LogP contribution in [0.1, 0.15) is 65.6 Å². The van der Waals surface area contributed by atoms with Crippen LogP contribution in [0.3, 0.4) is 0 Å². The van der Waals surface area contributed by atoms with Crippen molar-refractivity contribution in [3.8, 4) is 0 Å². The molecule has 0 bridgehead atoms. The summed E-state index contributed by atoms with van der Waals surface area (Å²) in [7, 11) is 0. The van der Waals surface area contributed by atoms with Gasteiger partial charge in [0.2, 0.25) is 0 Å². The Morgan fingerprint density at radius 1 is 1.33 bits per heavy atom. The van der Waals surface area contributed by atoms with Crippen molar-refractivity contribution in [3.05, 3.63) is 18.2 Å². The summed E-state index contributed by atoms with van der Waals surface area (Å²) < 4.78 is 2.33. The molecule has 1 fully saturated rings. The number of aromatic nitrogens is 2. The van der Waals surface area contributed by atoms with Gasteiger partial charge in [-0.25, -0.2) is 4.98 Å². The van der Waals surface area contributed by atoms with Gasteiger partial charge in [-0.05, 0) is 50.0 Å². The second kappa shape index (κ2) is 7.44. The Morgan fingerprint density at radius 2 is 2.05 bits per heavy atom. The lowest BCUT2D eigenvalue weighted by molar-refractivity contribution is 0.160. The van der Waals surface area contributed by atoms with Gasteiger partial charge in [-0.2, -0.15) is 0 Å². The van der Waals surface area contributed by atoms with E-state index in [-0.39, 0.29) is 0 Å². The van der Waals surface area contributed by atoms with Gasteiger partial charge in [-0.1, -0.05) is 27.7 Å². The highest BCUT2D eigenvalue weighted by Gasteiger charge is 2.31. The molecule has 1 aromatic heterocycles. The molecule has 1 unspecified atom stereocenters. The third-order valence-corrected chi connectivity index (χ3v) is 5.09. The summed E-state index contributed by atoms with van der Waals surface area (Å²) in [5.41, 5.74) is 0.550. The zero-order chi connectivity index (χ0) is 15.3. The first-order valence-corrected chi connectivity index (χ1v) is 8.79. The monoisotopic (exact) mass is 291 g/mol. The van der Waals surface area contributed by atoms with E-state index in [0.717, 1.165) is 25.4 Å². The number of nitrogens with zero attached hydrogens (tertiary/aromatic N) is 2. The SMILES string of the molecule is CCCn1ccnc1CC(NCC)C1CCC(C)(C)CC1. The number of imidazole rings is 1. The zero-order valence-electron chi connectivity index (χ0n) is 14.4. The van der Waals surface area contributed by atoms with Crippen LogP contribution in [-0.4, -0.2) is 22.1 Å². The standard InChI is InChI=1S/C18H33N3/c1-5-12-21-13-11-20-17(21)14-16(19-6-2)15-7-9-18(3,4)10-8-15/h11,13,15-16,19H,5-10,12,14H2,1-4H3. The molecule has 0 saturated heterocycles. The molecule has 0 spiro atoms. The smallest absolute Gasteiger partial charge is 0.110 e. The average molecular weight is 291 g/mol. The highest BCUT2D eigenvalue weighted by atomic mass is 15.1. The lowest BCUT2D eigenvalue weighted by Gasteiger charge is -2.38. The summed E-state index contributed by atoms with van der Waals surface area (Å²) in [4.78, 5) is 4.60. The van der Waals surface area contributed by atoms with Gasteiger partial charge >= 0.3 is 0 Å². The zero-order valence-corrected chi connectivity index (χ0v) is 14.4. The Hall–Kier alpha value is -0.830. The molecule has 1 aliphatic carbocycles. The van der Waals surface area contributed by atoms with Crippen LogP contribution in [0.5, 0.6) is 0 Å². The molecule has 3 heteroatoms. The van der Waals surface area contributed by atoms with Crippen LogP contribution in [0, 0.1) is 11.3 Å². The van der Waals surface area contributed by atoms with E-state index in [0.29, 0.717) is 11.5 Å². The van der Waals surface area contributed by atoms with Gasteiger partial charge in [0.15, 0.2) is 0 Å². The average Bonchev–Trinajstić information content (AvgIpc) is 2.86. The van der Waals surface area contributed by atoms with Crippen LogP contribution >= 0.6 is 0 Å². The third-order valence-electron chi connectivity index (χ3n) is 5.09. The van der Waals surface area contributed by atoms with Crippen molar-refractivity contribution in [3.63, 3.8) is 0 Å². The van der Waals surface area contributed by atoms with Gasteiger partial charge in [-0.15, -0.1) is 0 Å². The molecule has 120 valence electrons. The third kappa shape index (κ3) is 4.57. The maximum absolute atomic E-state index is 4.60. The Balaban J connectivity index is 2.00. The van der Waals surface area contributed by atoms with Crippen LogP contribution in [0.25, 0.3) is 0 Å². The fourth-order valence-electron chi connectivity index (χ4n) is 3.66. The fourth-order valence-corrected chi connectivity index (χ4v) is 3.66. The molecule has 21 heavy (non-hydrogen) atoms. The van der Waals surface area contributed by atoms with Crippen molar-refractivity contribution in [2.45, 2.75) is 78.8 Å². The van der Waals surface area contributed by atoms with E-state index in [1.807, 2.05) is 6.20 Å². The van der Waals surface area contributed by atoms with Crippen molar-refractivity contribution in [2.24, 2.45) is 11.3 Å². The normalized spacial score (nSPS) is 20.6. The van der Waals surface area contributed by atoms with Gasteiger partial charge in [0.05, 0.1) is 0 Å². The van der Waals surface area contributed by atoms with Gasteiger partial charge in [0, 0.05) is 31.4 Å². The lowest BCUT2D eigenvalue weighted by atomic mass is 9.70. The highest BCUT2D eigenvalue weighted by Crippen LogP contribution is 2.39. The van der Waals surface area contributed by atoms with E-state index in [2.05, 4.69) is 48.8 Å². The summed E-state index contributed by atoms with van der Waals surface area (Å²) in [5, 5.41) is 3.73. The van der Waals surface area contributed by atoms with E-state index in [1.54, 1.807) is 0 Å². The minimum Gasteiger partial charge on any atom is -0.335 e. The molecule has 1 atom stereocenters. The Labute approximate surface area is 130 Å². The molecule has 0 aromatic carbocycles. The van der Waals surface area contributed by atoms with Crippen molar-refractivity contribution in [1.82, 2.24) is 14.9 Å². The first-order chi connectivity index (χ1) is 10.1. The van der Waals surface area contributed by atoms with Gasteiger partial charge in [0.25, 0.3) is 0 Å². The Bertz CT molecular complexity index is 412. The number of hydrogen-bond donors (Lipinski definition) is 1. The maximum atomic E-state index is 4.60. The summed E-state index contributed by atoms with van der Waals surface area (Å²) >= 11 is 0. The molecule has 0 radical (unpaired) electrons. The lowest BCUT2D eigenvalue weighted by Crippen LogP contribution is -2.41.